The second-order valence-electron chi connectivity index (χ2n) is 8.08. The zero-order chi connectivity index (χ0) is 14.4. The molecule has 2 aliphatic heterocycles. The first kappa shape index (κ1) is 14.8. The fourth-order valence-corrected chi connectivity index (χ4v) is 5.72. The fraction of sp³-hybridized carbons (Fsp3) is 1.00. The molecule has 2 heterocycles. The Bertz CT molecular complexity index is 364. The normalized spacial score (nSPS) is 44.1. The monoisotopic (exact) mass is 281 g/mol. The van der Waals surface area contributed by atoms with Crippen molar-refractivity contribution in [2.45, 2.75) is 88.4 Å². The Kier molecular flexibility index (Phi) is 3.67. The summed E-state index contributed by atoms with van der Waals surface area (Å²) >= 11 is 0. The lowest BCUT2D eigenvalue weighted by Crippen LogP contribution is -2.71. The third-order valence-electron chi connectivity index (χ3n) is 6.38. The number of hydrogen-bond donors (Lipinski definition) is 2. The summed E-state index contributed by atoms with van der Waals surface area (Å²) in [4.78, 5) is 0. The standard InChI is InChI=1S/C17H31NO2/c1-15(2)14-8-10-17(20-15,13-6-3-4-7-13)12-16(14,18)9-5-11-19/h13-14,19H,3-12,18H2,1-2H3. The van der Waals surface area contributed by atoms with Crippen molar-refractivity contribution in [1.29, 1.82) is 0 Å². The summed E-state index contributed by atoms with van der Waals surface area (Å²) in [6.45, 7) is 4.73. The quantitative estimate of drug-likeness (QED) is 0.833. The first-order valence-electron chi connectivity index (χ1n) is 8.52. The van der Waals surface area contributed by atoms with E-state index in [0.717, 1.165) is 19.3 Å². The van der Waals surface area contributed by atoms with Gasteiger partial charge in [0.05, 0.1) is 11.2 Å². The molecule has 2 saturated heterocycles. The van der Waals surface area contributed by atoms with Crippen LogP contribution in [-0.4, -0.2) is 28.5 Å². The van der Waals surface area contributed by atoms with Crippen molar-refractivity contribution in [1.82, 2.24) is 0 Å². The van der Waals surface area contributed by atoms with Gasteiger partial charge in [0, 0.05) is 18.1 Å². The summed E-state index contributed by atoms with van der Waals surface area (Å²) in [6.07, 6.45) is 10.5. The molecular formula is C17H31NO2. The molecule has 2 aliphatic carbocycles. The minimum Gasteiger partial charge on any atom is -0.396 e. The van der Waals surface area contributed by atoms with E-state index < -0.39 is 0 Å². The number of rotatable bonds is 4. The van der Waals surface area contributed by atoms with Crippen molar-refractivity contribution in [3.63, 3.8) is 0 Å². The van der Waals surface area contributed by atoms with Crippen LogP contribution in [0.5, 0.6) is 0 Å². The SMILES string of the molecule is CC1(C)OC2(C3CCCC3)CCC1C(N)(CCCO)C2. The molecule has 20 heavy (non-hydrogen) atoms. The summed E-state index contributed by atoms with van der Waals surface area (Å²) < 4.78 is 6.68. The van der Waals surface area contributed by atoms with Crippen molar-refractivity contribution in [2.24, 2.45) is 17.6 Å². The van der Waals surface area contributed by atoms with E-state index >= 15 is 0 Å². The van der Waals surface area contributed by atoms with Crippen molar-refractivity contribution < 1.29 is 9.84 Å². The number of nitrogens with two attached hydrogens (primary N) is 1. The molecule has 0 aromatic rings. The van der Waals surface area contributed by atoms with Crippen LogP contribution < -0.4 is 5.73 Å². The maximum absolute atomic E-state index is 9.20. The van der Waals surface area contributed by atoms with Crippen molar-refractivity contribution in [3.8, 4) is 0 Å². The van der Waals surface area contributed by atoms with Crippen LogP contribution in [0.3, 0.4) is 0 Å². The zero-order valence-corrected chi connectivity index (χ0v) is 13.2. The fourth-order valence-electron chi connectivity index (χ4n) is 5.72. The van der Waals surface area contributed by atoms with Gasteiger partial charge in [0.15, 0.2) is 0 Å². The van der Waals surface area contributed by atoms with E-state index in [1.807, 2.05) is 0 Å². The molecule has 4 aliphatic rings. The zero-order valence-electron chi connectivity index (χ0n) is 13.2. The van der Waals surface area contributed by atoms with Gasteiger partial charge in [-0.2, -0.15) is 0 Å². The van der Waals surface area contributed by atoms with Crippen LogP contribution in [-0.2, 0) is 4.74 Å². The lowest BCUT2D eigenvalue weighted by Gasteiger charge is -2.64. The highest BCUT2D eigenvalue weighted by Gasteiger charge is 2.62. The number of aliphatic hydroxyl groups excluding tert-OH is 1. The third-order valence-corrected chi connectivity index (χ3v) is 6.38. The average Bonchev–Trinajstić information content (AvgIpc) is 2.89. The summed E-state index contributed by atoms with van der Waals surface area (Å²) in [7, 11) is 0. The van der Waals surface area contributed by atoms with Gasteiger partial charge in [0.1, 0.15) is 0 Å². The Hall–Kier alpha value is -0.120. The molecule has 116 valence electrons. The molecule has 3 unspecified atom stereocenters. The Morgan fingerprint density at radius 1 is 1.20 bits per heavy atom. The van der Waals surface area contributed by atoms with Gasteiger partial charge >= 0.3 is 0 Å². The first-order valence-corrected chi connectivity index (χ1v) is 8.52. The topological polar surface area (TPSA) is 55.5 Å². The van der Waals surface area contributed by atoms with Crippen molar-refractivity contribution >= 4 is 0 Å². The molecule has 4 fully saturated rings. The molecule has 0 amide bonds. The average molecular weight is 281 g/mol. The minimum atomic E-state index is -0.134. The Morgan fingerprint density at radius 2 is 1.90 bits per heavy atom. The van der Waals surface area contributed by atoms with Gasteiger partial charge in [-0.3, -0.25) is 0 Å². The molecule has 0 aromatic carbocycles. The highest BCUT2D eigenvalue weighted by atomic mass is 16.5. The van der Waals surface area contributed by atoms with Crippen LogP contribution in [0.1, 0.15) is 71.6 Å². The van der Waals surface area contributed by atoms with Crippen LogP contribution in [0.15, 0.2) is 0 Å². The van der Waals surface area contributed by atoms with Crippen LogP contribution in [0, 0.1) is 11.8 Å². The molecule has 0 aromatic heterocycles. The van der Waals surface area contributed by atoms with Crippen LogP contribution in [0.25, 0.3) is 0 Å². The van der Waals surface area contributed by atoms with E-state index in [0.29, 0.717) is 11.8 Å². The maximum atomic E-state index is 9.20. The van der Waals surface area contributed by atoms with Gasteiger partial charge in [0.2, 0.25) is 0 Å². The van der Waals surface area contributed by atoms with Crippen LogP contribution >= 0.6 is 0 Å². The summed E-state index contributed by atoms with van der Waals surface area (Å²) in [6, 6.07) is 0. The second kappa shape index (κ2) is 4.96. The lowest BCUT2D eigenvalue weighted by molar-refractivity contribution is -0.282. The summed E-state index contributed by atoms with van der Waals surface area (Å²) in [5, 5.41) is 9.20. The molecule has 3 N–H and O–H groups in total. The number of fused-ring (bicyclic) bond motifs is 3. The highest BCUT2D eigenvalue weighted by molar-refractivity contribution is 5.15. The summed E-state index contributed by atoms with van der Waals surface area (Å²) in [5.74, 6) is 1.14. The van der Waals surface area contributed by atoms with Crippen molar-refractivity contribution in [3.05, 3.63) is 0 Å². The minimum absolute atomic E-state index is 0.0267. The van der Waals surface area contributed by atoms with Crippen molar-refractivity contribution in [2.75, 3.05) is 6.61 Å². The molecular weight excluding hydrogens is 250 g/mol. The van der Waals surface area contributed by atoms with E-state index in [9.17, 15) is 5.11 Å². The lowest BCUT2D eigenvalue weighted by atomic mass is 9.54. The van der Waals surface area contributed by atoms with E-state index in [-0.39, 0.29) is 23.3 Å². The van der Waals surface area contributed by atoms with Gasteiger partial charge in [-0.05, 0) is 64.7 Å². The van der Waals surface area contributed by atoms with Gasteiger partial charge < -0.3 is 15.6 Å². The molecule has 4 rings (SSSR count). The molecule has 3 nitrogen and oxygen atoms in total. The van der Waals surface area contributed by atoms with Crippen LogP contribution in [0.2, 0.25) is 0 Å². The number of ether oxygens (including phenoxy) is 1. The number of aliphatic hydroxyl groups is 1. The van der Waals surface area contributed by atoms with E-state index in [2.05, 4.69) is 13.8 Å². The molecule has 3 atom stereocenters. The smallest absolute Gasteiger partial charge is 0.0735 e. The Labute approximate surface area is 123 Å². The number of hydrogen-bond acceptors (Lipinski definition) is 3. The molecule has 2 bridgehead atoms. The maximum Gasteiger partial charge on any atom is 0.0735 e. The van der Waals surface area contributed by atoms with E-state index in [1.165, 1.54) is 38.5 Å². The van der Waals surface area contributed by atoms with E-state index in [1.54, 1.807) is 0 Å². The van der Waals surface area contributed by atoms with E-state index in [4.69, 9.17) is 10.5 Å². The molecule has 0 radical (unpaired) electrons. The Balaban J connectivity index is 1.88. The second-order valence-corrected chi connectivity index (χ2v) is 8.08. The van der Waals surface area contributed by atoms with Crippen LogP contribution in [0.4, 0.5) is 0 Å². The third kappa shape index (κ3) is 2.22. The predicted molar refractivity (Wildman–Crippen MR) is 80.4 cm³/mol. The summed E-state index contributed by atoms with van der Waals surface area (Å²) in [5.41, 5.74) is 6.65. The highest BCUT2D eigenvalue weighted by Crippen LogP contribution is 2.59. The Morgan fingerprint density at radius 3 is 2.50 bits per heavy atom. The predicted octanol–water partition coefficient (Wildman–Crippen LogP) is 2.99. The largest absolute Gasteiger partial charge is 0.396 e. The van der Waals surface area contributed by atoms with Gasteiger partial charge in [0.25, 0.3) is 0 Å². The van der Waals surface area contributed by atoms with Gasteiger partial charge in [-0.25, -0.2) is 0 Å². The molecule has 2 saturated carbocycles. The molecule has 3 heteroatoms. The van der Waals surface area contributed by atoms with Gasteiger partial charge in [-0.15, -0.1) is 0 Å². The molecule has 0 spiro atoms. The first-order chi connectivity index (χ1) is 9.42. The van der Waals surface area contributed by atoms with Gasteiger partial charge in [-0.1, -0.05) is 12.8 Å².